The molecule has 1 aliphatic carbocycles. The molecule has 11 heteroatoms. The normalized spacial score (nSPS) is 21.3. The number of aromatic nitrogens is 2. The Morgan fingerprint density at radius 1 is 1.14 bits per heavy atom. The minimum absolute atomic E-state index is 0.159. The van der Waals surface area contributed by atoms with Gasteiger partial charge < -0.3 is 15.1 Å². The number of piperidine rings is 1. The molecule has 8 nitrogen and oxygen atoms in total. The highest BCUT2D eigenvalue weighted by Gasteiger charge is 2.50. The van der Waals surface area contributed by atoms with E-state index in [1.165, 1.54) is 30.9 Å². The molecule has 0 bridgehead atoms. The van der Waals surface area contributed by atoms with Crippen LogP contribution in [0, 0.1) is 16.7 Å². The van der Waals surface area contributed by atoms with Crippen LogP contribution < -0.4 is 10.2 Å². The number of carbonyl (C=O) groups excluding carboxylic acids is 2. The molecule has 1 N–H and O–H groups in total. The lowest BCUT2D eigenvalue weighted by molar-refractivity contribution is -0.137. The molecule has 5 rings (SSSR count). The maximum Gasteiger partial charge on any atom is 0.417 e. The van der Waals surface area contributed by atoms with Gasteiger partial charge in [-0.15, -0.1) is 0 Å². The molecular weight excluding hydrogens is 473 g/mol. The Morgan fingerprint density at radius 2 is 1.83 bits per heavy atom. The SMILES string of the molecule is N#Cc1ccc(N2CCC3(CC2)CC(C(=O)NC2CC2)N(C(=O)c2cncnc2)C3)cc1C(F)(F)F. The van der Waals surface area contributed by atoms with Gasteiger partial charge in [0, 0.05) is 43.8 Å². The quantitative estimate of drug-likeness (QED) is 0.695. The molecule has 1 aromatic heterocycles. The van der Waals surface area contributed by atoms with Crippen LogP contribution in [0.2, 0.25) is 0 Å². The van der Waals surface area contributed by atoms with Crippen molar-refractivity contribution < 1.29 is 22.8 Å². The molecular formula is C25H25F3N6O2. The zero-order chi connectivity index (χ0) is 25.5. The van der Waals surface area contributed by atoms with E-state index in [2.05, 4.69) is 15.3 Å². The van der Waals surface area contributed by atoms with E-state index >= 15 is 0 Å². The van der Waals surface area contributed by atoms with Crippen LogP contribution in [-0.2, 0) is 11.0 Å². The van der Waals surface area contributed by atoms with Crippen molar-refractivity contribution in [3.63, 3.8) is 0 Å². The van der Waals surface area contributed by atoms with E-state index < -0.39 is 23.3 Å². The standard InChI is InChI=1S/C25H25F3N6O2/c26-25(27,28)20-9-19(4-1-16(20)11-29)33-7-5-24(6-8-33)10-21(22(35)32-18-2-3-18)34(14-24)23(36)17-12-30-15-31-13-17/h1,4,9,12-13,15,18,21H,2-3,5-8,10,14H2,(H,32,35). The molecule has 2 aliphatic heterocycles. The molecule has 3 aliphatic rings. The highest BCUT2D eigenvalue weighted by molar-refractivity contribution is 5.97. The molecule has 2 amide bonds. The van der Waals surface area contributed by atoms with Gasteiger partial charge >= 0.3 is 6.18 Å². The second-order valence-corrected chi connectivity index (χ2v) is 9.89. The number of alkyl halides is 3. The van der Waals surface area contributed by atoms with Crippen LogP contribution in [-0.4, -0.2) is 58.4 Å². The summed E-state index contributed by atoms with van der Waals surface area (Å²) in [5.41, 5.74) is -0.936. The molecule has 3 fully saturated rings. The lowest BCUT2D eigenvalue weighted by Crippen LogP contribution is -2.46. The van der Waals surface area contributed by atoms with Crippen molar-refractivity contribution in [2.45, 2.75) is 50.4 Å². The van der Waals surface area contributed by atoms with Crippen LogP contribution >= 0.6 is 0 Å². The second-order valence-electron chi connectivity index (χ2n) is 9.89. The molecule has 1 atom stereocenters. The number of rotatable bonds is 4. The predicted molar refractivity (Wildman–Crippen MR) is 123 cm³/mol. The first-order valence-corrected chi connectivity index (χ1v) is 11.9. The van der Waals surface area contributed by atoms with Gasteiger partial charge in [0.25, 0.3) is 5.91 Å². The van der Waals surface area contributed by atoms with Crippen LogP contribution in [0.3, 0.4) is 0 Å². The summed E-state index contributed by atoms with van der Waals surface area (Å²) in [6.07, 6.45) is 3.19. The largest absolute Gasteiger partial charge is 0.417 e. The zero-order valence-corrected chi connectivity index (χ0v) is 19.5. The summed E-state index contributed by atoms with van der Waals surface area (Å²) in [6.45, 7) is 1.35. The molecule has 3 heterocycles. The Balaban J connectivity index is 1.34. The number of nitriles is 1. The van der Waals surface area contributed by atoms with Gasteiger partial charge in [0.05, 0.1) is 22.8 Å². The molecule has 1 spiro atoms. The summed E-state index contributed by atoms with van der Waals surface area (Å²) in [4.78, 5) is 37.7. The Bertz CT molecular complexity index is 1200. The Hall–Kier alpha value is -3.68. The van der Waals surface area contributed by atoms with Crippen molar-refractivity contribution in [1.82, 2.24) is 20.2 Å². The smallest absolute Gasteiger partial charge is 0.371 e. The first-order chi connectivity index (χ1) is 17.2. The molecule has 2 saturated heterocycles. The Labute approximate surface area is 206 Å². The molecule has 1 saturated carbocycles. The fraction of sp³-hybridized carbons (Fsp3) is 0.480. The molecule has 1 unspecified atom stereocenters. The fourth-order valence-electron chi connectivity index (χ4n) is 5.27. The average Bonchev–Trinajstić information content (AvgIpc) is 3.62. The number of nitrogens with zero attached hydrogens (tertiary/aromatic N) is 5. The average molecular weight is 499 g/mol. The highest BCUT2D eigenvalue weighted by Crippen LogP contribution is 2.45. The maximum absolute atomic E-state index is 13.4. The van der Waals surface area contributed by atoms with E-state index in [1.807, 2.05) is 4.90 Å². The van der Waals surface area contributed by atoms with Crippen molar-refractivity contribution in [1.29, 1.82) is 5.26 Å². The van der Waals surface area contributed by atoms with Gasteiger partial charge in [-0.25, -0.2) is 9.97 Å². The van der Waals surface area contributed by atoms with E-state index in [0.29, 0.717) is 50.1 Å². The van der Waals surface area contributed by atoms with Gasteiger partial charge in [-0.3, -0.25) is 9.59 Å². The second kappa shape index (κ2) is 9.08. The summed E-state index contributed by atoms with van der Waals surface area (Å²) >= 11 is 0. The monoisotopic (exact) mass is 498 g/mol. The number of hydrogen-bond acceptors (Lipinski definition) is 6. The summed E-state index contributed by atoms with van der Waals surface area (Å²) in [7, 11) is 0. The van der Waals surface area contributed by atoms with Crippen LogP contribution in [0.15, 0.2) is 36.9 Å². The van der Waals surface area contributed by atoms with E-state index in [1.54, 1.807) is 11.0 Å². The van der Waals surface area contributed by atoms with Gasteiger partial charge in [0.2, 0.25) is 5.91 Å². The van der Waals surface area contributed by atoms with E-state index in [4.69, 9.17) is 5.26 Å². The Kier molecular flexibility index (Phi) is 6.06. The van der Waals surface area contributed by atoms with Crippen molar-refractivity contribution in [3.05, 3.63) is 53.6 Å². The van der Waals surface area contributed by atoms with E-state index in [0.717, 1.165) is 18.9 Å². The molecule has 2 aromatic rings. The maximum atomic E-state index is 13.4. The summed E-state index contributed by atoms with van der Waals surface area (Å²) in [5.74, 6) is -0.461. The van der Waals surface area contributed by atoms with Gasteiger partial charge in [-0.1, -0.05) is 0 Å². The van der Waals surface area contributed by atoms with Crippen molar-refractivity contribution >= 4 is 17.5 Å². The third-order valence-corrected chi connectivity index (χ3v) is 7.42. The molecule has 1 aromatic carbocycles. The van der Waals surface area contributed by atoms with Gasteiger partial charge in [0.15, 0.2) is 0 Å². The summed E-state index contributed by atoms with van der Waals surface area (Å²) in [5, 5.41) is 12.1. The molecule has 0 radical (unpaired) electrons. The van der Waals surface area contributed by atoms with Gasteiger partial charge in [-0.05, 0) is 55.7 Å². The number of carbonyl (C=O) groups is 2. The van der Waals surface area contributed by atoms with Gasteiger partial charge in [-0.2, -0.15) is 18.4 Å². The predicted octanol–water partition coefficient (Wildman–Crippen LogP) is 3.15. The first kappa shape index (κ1) is 24.0. The van der Waals surface area contributed by atoms with Crippen LogP contribution in [0.5, 0.6) is 0 Å². The number of hydrogen-bond donors (Lipinski definition) is 1. The van der Waals surface area contributed by atoms with E-state index in [9.17, 15) is 22.8 Å². The summed E-state index contributed by atoms with van der Waals surface area (Å²) in [6, 6.07) is 4.93. The number of anilines is 1. The number of nitrogens with one attached hydrogen (secondary N) is 1. The number of likely N-dealkylation sites (tertiary alicyclic amines) is 1. The molecule has 188 valence electrons. The molecule has 36 heavy (non-hydrogen) atoms. The third kappa shape index (κ3) is 4.72. The lowest BCUT2D eigenvalue weighted by atomic mass is 9.76. The zero-order valence-electron chi connectivity index (χ0n) is 19.5. The highest BCUT2D eigenvalue weighted by atomic mass is 19.4. The van der Waals surface area contributed by atoms with Crippen LogP contribution in [0.4, 0.5) is 18.9 Å². The fourth-order valence-corrected chi connectivity index (χ4v) is 5.27. The minimum atomic E-state index is -4.62. The number of amides is 2. The number of halogens is 3. The third-order valence-electron chi connectivity index (χ3n) is 7.42. The topological polar surface area (TPSA) is 102 Å². The van der Waals surface area contributed by atoms with Gasteiger partial charge in [0.1, 0.15) is 12.4 Å². The van der Waals surface area contributed by atoms with Crippen LogP contribution in [0.25, 0.3) is 0 Å². The minimum Gasteiger partial charge on any atom is -0.371 e. The number of benzene rings is 1. The lowest BCUT2D eigenvalue weighted by Gasteiger charge is -2.40. The van der Waals surface area contributed by atoms with Crippen molar-refractivity contribution in [2.75, 3.05) is 24.5 Å². The Morgan fingerprint density at radius 3 is 2.44 bits per heavy atom. The van der Waals surface area contributed by atoms with Crippen molar-refractivity contribution in [2.24, 2.45) is 5.41 Å². The van der Waals surface area contributed by atoms with E-state index in [-0.39, 0.29) is 23.3 Å². The van der Waals surface area contributed by atoms with Crippen LogP contribution in [0.1, 0.15) is 53.6 Å². The summed E-state index contributed by atoms with van der Waals surface area (Å²) < 4.78 is 40.3. The first-order valence-electron chi connectivity index (χ1n) is 11.9. The van der Waals surface area contributed by atoms with Crippen molar-refractivity contribution in [3.8, 4) is 6.07 Å².